The molecule has 2 aromatic rings. The van der Waals surface area contributed by atoms with Crippen LogP contribution in [0.2, 0.25) is 10.0 Å². The molecule has 0 unspecified atom stereocenters. The van der Waals surface area contributed by atoms with Crippen LogP contribution in [0.15, 0.2) is 30.5 Å². The van der Waals surface area contributed by atoms with Gasteiger partial charge >= 0.3 is 0 Å². The van der Waals surface area contributed by atoms with E-state index in [-0.39, 0.29) is 5.91 Å². The quantitative estimate of drug-likeness (QED) is 0.906. The molecule has 0 saturated heterocycles. The maximum absolute atomic E-state index is 11.7. The molecule has 0 aliphatic rings. The Morgan fingerprint density at radius 2 is 2.12 bits per heavy atom. The highest BCUT2D eigenvalue weighted by molar-refractivity contribution is 7.08. The van der Waals surface area contributed by atoms with Crippen LogP contribution in [-0.4, -0.2) is 10.3 Å². The van der Waals surface area contributed by atoms with Crippen molar-refractivity contribution < 1.29 is 4.79 Å². The van der Waals surface area contributed by atoms with Crippen LogP contribution >= 0.6 is 34.7 Å². The Hall–Kier alpha value is -1.10. The molecule has 0 spiro atoms. The van der Waals surface area contributed by atoms with Crippen LogP contribution in [0.25, 0.3) is 0 Å². The monoisotopic (exact) mass is 272 g/mol. The lowest BCUT2D eigenvalue weighted by molar-refractivity contribution is 0.103. The molecule has 1 N–H and O–H groups in total. The fourth-order valence-corrected chi connectivity index (χ4v) is 1.94. The number of carbonyl (C=O) groups excluding carboxylic acids is 1. The Balaban J connectivity index is 2.21. The fourth-order valence-electron chi connectivity index (χ4n) is 1.11. The summed E-state index contributed by atoms with van der Waals surface area (Å²) < 4.78 is 3.85. The van der Waals surface area contributed by atoms with Gasteiger partial charge in [-0.2, -0.15) is 0 Å². The first kappa shape index (κ1) is 11.4. The van der Waals surface area contributed by atoms with Gasteiger partial charge in [-0.3, -0.25) is 4.79 Å². The number of amides is 1. The predicted molar refractivity (Wildman–Crippen MR) is 66.5 cm³/mol. The van der Waals surface area contributed by atoms with Gasteiger partial charge in [-0.15, -0.1) is 0 Å². The van der Waals surface area contributed by atoms with E-state index in [1.165, 1.54) is 0 Å². The normalized spacial score (nSPS) is 10.1. The van der Waals surface area contributed by atoms with Gasteiger partial charge in [0, 0.05) is 11.2 Å². The second-order valence-corrected chi connectivity index (χ2v) is 4.63. The maximum atomic E-state index is 11.7. The molecule has 16 heavy (non-hydrogen) atoms. The van der Waals surface area contributed by atoms with Crippen molar-refractivity contribution in [3.8, 4) is 0 Å². The SMILES string of the molecule is O=C(Nc1cc(Cl)ccc1Cl)c1ccns1. The minimum Gasteiger partial charge on any atom is -0.320 e. The minimum atomic E-state index is -0.244. The summed E-state index contributed by atoms with van der Waals surface area (Å²) >= 11 is 12.8. The highest BCUT2D eigenvalue weighted by Gasteiger charge is 2.10. The molecule has 0 aliphatic heterocycles. The zero-order valence-corrected chi connectivity index (χ0v) is 10.2. The number of nitrogens with one attached hydrogen (secondary N) is 1. The predicted octanol–water partition coefficient (Wildman–Crippen LogP) is 3.70. The van der Waals surface area contributed by atoms with Crippen LogP contribution in [0.3, 0.4) is 0 Å². The first-order chi connectivity index (χ1) is 7.66. The van der Waals surface area contributed by atoms with Gasteiger partial charge in [-0.05, 0) is 35.8 Å². The van der Waals surface area contributed by atoms with Crippen molar-refractivity contribution in [3.63, 3.8) is 0 Å². The van der Waals surface area contributed by atoms with E-state index >= 15 is 0 Å². The number of anilines is 1. The second kappa shape index (κ2) is 4.82. The Bertz CT molecular complexity index is 514. The van der Waals surface area contributed by atoms with Crippen LogP contribution < -0.4 is 5.32 Å². The summed E-state index contributed by atoms with van der Waals surface area (Å²) in [5.41, 5.74) is 0.493. The number of nitrogens with zero attached hydrogens (tertiary/aromatic N) is 1. The lowest BCUT2D eigenvalue weighted by atomic mass is 10.3. The third-order valence-electron chi connectivity index (χ3n) is 1.84. The third kappa shape index (κ3) is 2.52. The van der Waals surface area contributed by atoms with Crippen molar-refractivity contribution in [2.45, 2.75) is 0 Å². The van der Waals surface area contributed by atoms with E-state index in [9.17, 15) is 4.79 Å². The van der Waals surface area contributed by atoms with E-state index < -0.39 is 0 Å². The van der Waals surface area contributed by atoms with E-state index in [1.807, 2.05) is 0 Å². The zero-order valence-electron chi connectivity index (χ0n) is 7.91. The Kier molecular flexibility index (Phi) is 3.43. The zero-order chi connectivity index (χ0) is 11.5. The molecule has 1 aromatic carbocycles. The van der Waals surface area contributed by atoms with Gasteiger partial charge in [0.15, 0.2) is 0 Å². The number of benzene rings is 1. The lowest BCUT2D eigenvalue weighted by Gasteiger charge is -2.05. The summed E-state index contributed by atoms with van der Waals surface area (Å²) in [5.74, 6) is -0.244. The van der Waals surface area contributed by atoms with Crippen molar-refractivity contribution in [3.05, 3.63) is 45.4 Å². The second-order valence-electron chi connectivity index (χ2n) is 2.95. The van der Waals surface area contributed by atoms with Crippen LogP contribution in [0, 0.1) is 0 Å². The van der Waals surface area contributed by atoms with Crippen LogP contribution in [-0.2, 0) is 0 Å². The number of halogens is 2. The largest absolute Gasteiger partial charge is 0.320 e. The molecule has 6 heteroatoms. The molecule has 1 heterocycles. The molecule has 82 valence electrons. The van der Waals surface area contributed by atoms with E-state index in [2.05, 4.69) is 9.69 Å². The van der Waals surface area contributed by atoms with Gasteiger partial charge in [0.2, 0.25) is 0 Å². The third-order valence-corrected chi connectivity index (χ3v) is 3.15. The van der Waals surface area contributed by atoms with Gasteiger partial charge in [0.1, 0.15) is 4.88 Å². The molecule has 2 rings (SSSR count). The Labute approximate surface area is 106 Å². The van der Waals surface area contributed by atoms with Crippen LogP contribution in [0.1, 0.15) is 9.67 Å². The van der Waals surface area contributed by atoms with Crippen molar-refractivity contribution in [2.24, 2.45) is 0 Å². The first-order valence-corrected chi connectivity index (χ1v) is 5.87. The van der Waals surface area contributed by atoms with Crippen LogP contribution in [0.4, 0.5) is 5.69 Å². The molecule has 1 aromatic heterocycles. The number of rotatable bonds is 2. The Morgan fingerprint density at radius 1 is 1.31 bits per heavy atom. The van der Waals surface area contributed by atoms with E-state index in [0.29, 0.717) is 20.6 Å². The number of hydrogen-bond acceptors (Lipinski definition) is 3. The average Bonchev–Trinajstić information content (AvgIpc) is 2.76. The topological polar surface area (TPSA) is 42.0 Å². The molecule has 0 saturated carbocycles. The molecule has 3 nitrogen and oxygen atoms in total. The molecular weight excluding hydrogens is 267 g/mol. The van der Waals surface area contributed by atoms with Crippen molar-refractivity contribution >= 4 is 46.3 Å². The molecule has 1 amide bonds. The van der Waals surface area contributed by atoms with Crippen molar-refractivity contribution in [1.29, 1.82) is 0 Å². The summed E-state index contributed by atoms with van der Waals surface area (Å²) in [4.78, 5) is 12.2. The van der Waals surface area contributed by atoms with Crippen molar-refractivity contribution in [2.75, 3.05) is 5.32 Å². The van der Waals surface area contributed by atoms with E-state index in [4.69, 9.17) is 23.2 Å². The van der Waals surface area contributed by atoms with E-state index in [0.717, 1.165) is 11.5 Å². The molecule has 0 fully saturated rings. The smallest absolute Gasteiger partial charge is 0.267 e. The average molecular weight is 273 g/mol. The standard InChI is InChI=1S/C10H6Cl2N2OS/c11-6-1-2-7(12)8(5-6)14-10(15)9-3-4-13-16-9/h1-5H,(H,14,15). The summed E-state index contributed by atoms with van der Waals surface area (Å²) in [7, 11) is 0. The van der Waals surface area contributed by atoms with Gasteiger partial charge in [0.05, 0.1) is 10.7 Å². The number of carbonyl (C=O) groups is 1. The molecule has 0 aliphatic carbocycles. The van der Waals surface area contributed by atoms with Gasteiger partial charge in [-0.25, -0.2) is 4.37 Å². The highest BCUT2D eigenvalue weighted by atomic mass is 35.5. The summed E-state index contributed by atoms with van der Waals surface area (Å²) in [6, 6.07) is 6.53. The Morgan fingerprint density at radius 3 is 2.81 bits per heavy atom. The molecule has 0 bridgehead atoms. The molecule has 0 atom stereocenters. The van der Waals surface area contributed by atoms with E-state index in [1.54, 1.807) is 30.5 Å². The first-order valence-electron chi connectivity index (χ1n) is 4.34. The highest BCUT2D eigenvalue weighted by Crippen LogP contribution is 2.26. The van der Waals surface area contributed by atoms with Gasteiger partial charge in [0.25, 0.3) is 5.91 Å². The molecular formula is C10H6Cl2N2OS. The number of aromatic nitrogens is 1. The summed E-state index contributed by atoms with van der Waals surface area (Å²) in [6.45, 7) is 0. The maximum Gasteiger partial charge on any atom is 0.267 e. The van der Waals surface area contributed by atoms with Crippen LogP contribution in [0.5, 0.6) is 0 Å². The fraction of sp³-hybridized carbons (Fsp3) is 0. The summed E-state index contributed by atoms with van der Waals surface area (Å²) in [5, 5.41) is 3.63. The molecule has 0 radical (unpaired) electrons. The lowest BCUT2D eigenvalue weighted by Crippen LogP contribution is -2.10. The minimum absolute atomic E-state index is 0.244. The van der Waals surface area contributed by atoms with Crippen molar-refractivity contribution in [1.82, 2.24) is 4.37 Å². The van der Waals surface area contributed by atoms with Gasteiger partial charge < -0.3 is 5.32 Å². The number of hydrogen-bond donors (Lipinski definition) is 1. The summed E-state index contributed by atoms with van der Waals surface area (Å²) in [6.07, 6.45) is 1.57. The van der Waals surface area contributed by atoms with Gasteiger partial charge in [-0.1, -0.05) is 23.2 Å².